The number of para-hydroxylation sites is 1. The molecule has 1 amide bonds. The van der Waals surface area contributed by atoms with Crippen molar-refractivity contribution in [1.82, 2.24) is 0 Å². The summed E-state index contributed by atoms with van der Waals surface area (Å²) in [6, 6.07) is 12.7. The van der Waals surface area contributed by atoms with E-state index in [1.807, 2.05) is 31.2 Å². The number of carbonyl (C=O) groups is 2. The van der Waals surface area contributed by atoms with Gasteiger partial charge in [-0.2, -0.15) is 0 Å². The Morgan fingerprint density at radius 2 is 1.86 bits per heavy atom. The summed E-state index contributed by atoms with van der Waals surface area (Å²) in [7, 11) is 1.55. The SMILES string of the molecule is COc1ccc(C(C)=O)cc1CC(=O)Nc1ccccc1C. The number of benzene rings is 2. The number of rotatable bonds is 5. The summed E-state index contributed by atoms with van der Waals surface area (Å²) < 4.78 is 5.26. The van der Waals surface area contributed by atoms with Crippen LogP contribution < -0.4 is 10.1 Å². The molecule has 0 spiro atoms. The molecule has 1 N–H and O–H groups in total. The highest BCUT2D eigenvalue weighted by molar-refractivity contribution is 5.96. The molecule has 0 saturated carbocycles. The summed E-state index contributed by atoms with van der Waals surface area (Å²) in [6.45, 7) is 3.44. The van der Waals surface area contributed by atoms with Crippen LogP contribution in [-0.2, 0) is 11.2 Å². The van der Waals surface area contributed by atoms with Crippen molar-refractivity contribution >= 4 is 17.4 Å². The number of carbonyl (C=O) groups excluding carboxylic acids is 2. The Hall–Kier alpha value is -2.62. The Bertz CT molecular complexity index is 707. The quantitative estimate of drug-likeness (QED) is 0.861. The fourth-order valence-corrected chi connectivity index (χ4v) is 2.22. The average molecular weight is 297 g/mol. The van der Waals surface area contributed by atoms with Gasteiger partial charge in [-0.05, 0) is 43.7 Å². The standard InChI is InChI=1S/C18H19NO3/c1-12-6-4-5-7-16(12)19-18(21)11-15-10-14(13(2)20)8-9-17(15)22-3/h4-10H,11H2,1-3H3,(H,19,21). The van der Waals surface area contributed by atoms with E-state index < -0.39 is 0 Å². The summed E-state index contributed by atoms with van der Waals surface area (Å²) >= 11 is 0. The number of anilines is 1. The average Bonchev–Trinajstić information content (AvgIpc) is 2.49. The van der Waals surface area contributed by atoms with Crippen LogP contribution in [0, 0.1) is 6.92 Å². The minimum Gasteiger partial charge on any atom is -0.496 e. The molecule has 0 radical (unpaired) electrons. The van der Waals surface area contributed by atoms with Crippen molar-refractivity contribution in [2.45, 2.75) is 20.3 Å². The highest BCUT2D eigenvalue weighted by Gasteiger charge is 2.12. The predicted octanol–water partition coefficient (Wildman–Crippen LogP) is 3.39. The van der Waals surface area contributed by atoms with Crippen molar-refractivity contribution in [1.29, 1.82) is 0 Å². The van der Waals surface area contributed by atoms with Crippen molar-refractivity contribution in [2.24, 2.45) is 0 Å². The van der Waals surface area contributed by atoms with Crippen LogP contribution in [0.15, 0.2) is 42.5 Å². The predicted molar refractivity (Wildman–Crippen MR) is 86.5 cm³/mol. The number of ketones is 1. The normalized spacial score (nSPS) is 10.1. The fraction of sp³-hybridized carbons (Fsp3) is 0.222. The molecule has 0 aliphatic carbocycles. The third kappa shape index (κ3) is 3.73. The van der Waals surface area contributed by atoms with Crippen LogP contribution >= 0.6 is 0 Å². The maximum Gasteiger partial charge on any atom is 0.228 e. The first-order chi connectivity index (χ1) is 10.5. The summed E-state index contributed by atoms with van der Waals surface area (Å²) in [6.07, 6.45) is 0.151. The van der Waals surface area contributed by atoms with Crippen LogP contribution in [0.3, 0.4) is 0 Å². The fourth-order valence-electron chi connectivity index (χ4n) is 2.22. The van der Waals surface area contributed by atoms with Gasteiger partial charge in [0.25, 0.3) is 0 Å². The van der Waals surface area contributed by atoms with Crippen molar-refractivity contribution in [2.75, 3.05) is 12.4 Å². The van der Waals surface area contributed by atoms with Crippen LogP contribution in [0.5, 0.6) is 5.75 Å². The van der Waals surface area contributed by atoms with Crippen LogP contribution in [0.1, 0.15) is 28.4 Å². The molecular formula is C18H19NO3. The largest absolute Gasteiger partial charge is 0.496 e. The zero-order valence-corrected chi connectivity index (χ0v) is 13.0. The zero-order valence-electron chi connectivity index (χ0n) is 13.0. The van der Waals surface area contributed by atoms with Gasteiger partial charge in [-0.1, -0.05) is 18.2 Å². The molecule has 4 nitrogen and oxygen atoms in total. The van der Waals surface area contributed by atoms with Crippen molar-refractivity contribution < 1.29 is 14.3 Å². The molecule has 0 fully saturated rings. The van der Waals surface area contributed by atoms with Gasteiger partial charge < -0.3 is 10.1 Å². The number of hydrogen-bond donors (Lipinski definition) is 1. The Kier molecular flexibility index (Phi) is 4.94. The number of amides is 1. The minimum atomic E-state index is -0.145. The molecule has 0 heterocycles. The molecule has 4 heteroatoms. The monoisotopic (exact) mass is 297 g/mol. The van der Waals surface area contributed by atoms with Crippen LogP contribution in [-0.4, -0.2) is 18.8 Å². The van der Waals surface area contributed by atoms with E-state index in [0.717, 1.165) is 11.3 Å². The molecule has 0 aliphatic rings. The first-order valence-electron chi connectivity index (χ1n) is 7.04. The Balaban J connectivity index is 2.19. The molecule has 114 valence electrons. The number of hydrogen-bond acceptors (Lipinski definition) is 3. The van der Waals surface area contributed by atoms with E-state index in [4.69, 9.17) is 4.74 Å². The maximum absolute atomic E-state index is 12.2. The lowest BCUT2D eigenvalue weighted by Gasteiger charge is -2.11. The topological polar surface area (TPSA) is 55.4 Å². The van der Waals surface area contributed by atoms with E-state index in [-0.39, 0.29) is 18.1 Å². The zero-order chi connectivity index (χ0) is 16.1. The second-order valence-electron chi connectivity index (χ2n) is 5.12. The van der Waals surface area contributed by atoms with E-state index in [1.54, 1.807) is 25.3 Å². The maximum atomic E-state index is 12.2. The Labute approximate surface area is 130 Å². The molecule has 2 aromatic rings. The Morgan fingerprint density at radius 1 is 1.14 bits per heavy atom. The van der Waals surface area contributed by atoms with Crippen molar-refractivity contribution in [3.05, 3.63) is 59.2 Å². The van der Waals surface area contributed by atoms with Gasteiger partial charge in [0.2, 0.25) is 5.91 Å². The molecule has 0 saturated heterocycles. The number of nitrogens with one attached hydrogen (secondary N) is 1. The van der Waals surface area contributed by atoms with Gasteiger partial charge in [-0.15, -0.1) is 0 Å². The lowest BCUT2D eigenvalue weighted by atomic mass is 10.0. The van der Waals surface area contributed by atoms with Gasteiger partial charge >= 0.3 is 0 Å². The van der Waals surface area contributed by atoms with E-state index in [0.29, 0.717) is 16.9 Å². The molecule has 22 heavy (non-hydrogen) atoms. The molecule has 2 rings (SSSR count). The van der Waals surface area contributed by atoms with Crippen LogP contribution in [0.2, 0.25) is 0 Å². The van der Waals surface area contributed by atoms with Gasteiger partial charge in [0.05, 0.1) is 13.5 Å². The first kappa shape index (κ1) is 15.8. The van der Waals surface area contributed by atoms with Crippen molar-refractivity contribution in [3.8, 4) is 5.75 Å². The number of methoxy groups -OCH3 is 1. The number of ether oxygens (including phenoxy) is 1. The highest BCUT2D eigenvalue weighted by atomic mass is 16.5. The second kappa shape index (κ2) is 6.89. The van der Waals surface area contributed by atoms with Gasteiger partial charge in [0, 0.05) is 16.8 Å². The lowest BCUT2D eigenvalue weighted by Crippen LogP contribution is -2.16. The van der Waals surface area contributed by atoms with Gasteiger partial charge in [-0.25, -0.2) is 0 Å². The van der Waals surface area contributed by atoms with Crippen LogP contribution in [0.4, 0.5) is 5.69 Å². The third-order valence-electron chi connectivity index (χ3n) is 3.46. The lowest BCUT2D eigenvalue weighted by molar-refractivity contribution is -0.115. The number of Topliss-reactive ketones (excluding diaryl/α,β-unsaturated/α-hetero) is 1. The molecule has 0 aliphatic heterocycles. The minimum absolute atomic E-state index is 0.0387. The highest BCUT2D eigenvalue weighted by Crippen LogP contribution is 2.22. The smallest absolute Gasteiger partial charge is 0.228 e. The first-order valence-corrected chi connectivity index (χ1v) is 7.04. The number of aryl methyl sites for hydroxylation is 1. The second-order valence-corrected chi connectivity index (χ2v) is 5.12. The van der Waals surface area contributed by atoms with E-state index >= 15 is 0 Å². The van der Waals surface area contributed by atoms with Gasteiger partial charge in [0.1, 0.15) is 5.75 Å². The van der Waals surface area contributed by atoms with E-state index in [1.165, 1.54) is 6.92 Å². The molecule has 2 aromatic carbocycles. The molecule has 0 atom stereocenters. The molecule has 0 unspecified atom stereocenters. The van der Waals surface area contributed by atoms with Crippen molar-refractivity contribution in [3.63, 3.8) is 0 Å². The third-order valence-corrected chi connectivity index (χ3v) is 3.46. The van der Waals surface area contributed by atoms with Gasteiger partial charge in [-0.3, -0.25) is 9.59 Å². The molecule has 0 bridgehead atoms. The summed E-state index contributed by atoms with van der Waals surface area (Å²) in [5.41, 5.74) is 3.05. The van der Waals surface area contributed by atoms with Gasteiger partial charge in [0.15, 0.2) is 5.78 Å². The molecule has 0 aromatic heterocycles. The van der Waals surface area contributed by atoms with Crippen LogP contribution in [0.25, 0.3) is 0 Å². The van der Waals surface area contributed by atoms with E-state index in [2.05, 4.69) is 5.32 Å². The Morgan fingerprint density at radius 3 is 2.50 bits per heavy atom. The molecular weight excluding hydrogens is 278 g/mol. The summed E-state index contributed by atoms with van der Waals surface area (Å²) in [5.74, 6) is 0.418. The van der Waals surface area contributed by atoms with E-state index in [9.17, 15) is 9.59 Å². The summed E-state index contributed by atoms with van der Waals surface area (Å²) in [5, 5.41) is 2.88. The summed E-state index contributed by atoms with van der Waals surface area (Å²) in [4.78, 5) is 23.7.